The van der Waals surface area contributed by atoms with Crippen LogP contribution in [-0.4, -0.2) is 46.7 Å². The van der Waals surface area contributed by atoms with Crippen molar-refractivity contribution in [3.05, 3.63) is 0 Å². The molecular formula is C21H43N3O5. The second kappa shape index (κ2) is 21.0. The number of amides is 1. The molecule has 0 heterocycles. The van der Waals surface area contributed by atoms with Crippen LogP contribution in [-0.2, 0) is 14.4 Å². The number of nitrogens with one attached hydrogen (secondary N) is 1. The fraction of sp³-hybridized carbons (Fsp3) is 0.857. The van der Waals surface area contributed by atoms with Crippen molar-refractivity contribution in [2.24, 2.45) is 11.5 Å². The van der Waals surface area contributed by atoms with Crippen LogP contribution < -0.4 is 16.8 Å². The van der Waals surface area contributed by atoms with Crippen LogP contribution in [0.15, 0.2) is 0 Å². The number of carboxylic acid groups (broad SMARTS) is 2. The molecule has 0 radical (unpaired) electrons. The van der Waals surface area contributed by atoms with Gasteiger partial charge in [0.15, 0.2) is 0 Å². The summed E-state index contributed by atoms with van der Waals surface area (Å²) in [5, 5.41) is 19.4. The number of rotatable bonds is 17. The molecule has 0 aliphatic rings. The quantitative estimate of drug-likeness (QED) is 0.228. The molecule has 8 heteroatoms. The van der Waals surface area contributed by atoms with Crippen LogP contribution in [0.3, 0.4) is 0 Å². The lowest BCUT2D eigenvalue weighted by molar-refractivity contribution is -0.141. The summed E-state index contributed by atoms with van der Waals surface area (Å²) in [6, 6.07) is -1.50. The van der Waals surface area contributed by atoms with Gasteiger partial charge in [-0.3, -0.25) is 14.4 Å². The molecular weight excluding hydrogens is 374 g/mol. The molecule has 0 aromatic carbocycles. The van der Waals surface area contributed by atoms with Gasteiger partial charge in [-0.15, -0.1) is 0 Å². The van der Waals surface area contributed by atoms with Gasteiger partial charge in [-0.2, -0.15) is 0 Å². The SMILES string of the molecule is CCCCCCCCCCCC(=O)N[C@@H](C)C(=O)O.NCCCC[C@H](N)C(=O)O. The molecule has 1 amide bonds. The van der Waals surface area contributed by atoms with E-state index in [-0.39, 0.29) is 5.91 Å². The average molecular weight is 418 g/mol. The Morgan fingerprint density at radius 1 is 0.828 bits per heavy atom. The summed E-state index contributed by atoms with van der Waals surface area (Å²) in [4.78, 5) is 32.1. The van der Waals surface area contributed by atoms with Gasteiger partial charge in [-0.05, 0) is 32.7 Å². The van der Waals surface area contributed by atoms with Crippen molar-refractivity contribution < 1.29 is 24.6 Å². The van der Waals surface area contributed by atoms with Gasteiger partial charge in [-0.1, -0.05) is 64.7 Å². The third-order valence-corrected chi connectivity index (χ3v) is 4.54. The van der Waals surface area contributed by atoms with Gasteiger partial charge in [-0.25, -0.2) is 0 Å². The number of carbonyl (C=O) groups excluding carboxylic acids is 1. The smallest absolute Gasteiger partial charge is 0.325 e. The van der Waals surface area contributed by atoms with Gasteiger partial charge in [0.25, 0.3) is 0 Å². The maximum Gasteiger partial charge on any atom is 0.325 e. The van der Waals surface area contributed by atoms with Gasteiger partial charge in [0.05, 0.1) is 0 Å². The Morgan fingerprint density at radius 2 is 1.34 bits per heavy atom. The third kappa shape index (κ3) is 22.5. The van der Waals surface area contributed by atoms with E-state index in [1.165, 1.54) is 51.9 Å². The summed E-state index contributed by atoms with van der Waals surface area (Å²) in [5.41, 5.74) is 10.4. The standard InChI is InChI=1S/C15H29NO3.C6H14N2O2/c1-3-4-5-6-7-8-9-10-11-12-14(17)16-13(2)15(18)19;7-4-2-1-3-5(8)6(9)10/h13H,3-12H2,1-2H3,(H,16,17)(H,18,19);5H,1-4,7-8H2,(H,9,10)/t13-;5-/m00/s1. The highest BCUT2D eigenvalue weighted by Gasteiger charge is 2.13. The molecule has 0 saturated carbocycles. The van der Waals surface area contributed by atoms with Gasteiger partial charge in [0.2, 0.25) is 5.91 Å². The molecule has 0 aliphatic carbocycles. The van der Waals surface area contributed by atoms with Crippen LogP contribution in [0.5, 0.6) is 0 Å². The van der Waals surface area contributed by atoms with E-state index >= 15 is 0 Å². The van der Waals surface area contributed by atoms with Crippen LogP contribution in [0.4, 0.5) is 0 Å². The molecule has 2 atom stereocenters. The first-order valence-electron chi connectivity index (χ1n) is 11.0. The highest BCUT2D eigenvalue weighted by Crippen LogP contribution is 2.10. The highest BCUT2D eigenvalue weighted by molar-refractivity contribution is 5.83. The van der Waals surface area contributed by atoms with Crippen molar-refractivity contribution in [3.8, 4) is 0 Å². The number of carbonyl (C=O) groups is 3. The van der Waals surface area contributed by atoms with E-state index in [4.69, 9.17) is 21.7 Å². The average Bonchev–Trinajstić information content (AvgIpc) is 2.67. The van der Waals surface area contributed by atoms with E-state index in [1.54, 1.807) is 0 Å². The fourth-order valence-electron chi connectivity index (χ4n) is 2.60. The summed E-state index contributed by atoms with van der Waals surface area (Å²) in [6.07, 6.45) is 13.5. The zero-order chi connectivity index (χ0) is 22.5. The molecule has 0 aromatic rings. The van der Waals surface area contributed by atoms with Crippen LogP contribution >= 0.6 is 0 Å². The second-order valence-corrected chi connectivity index (χ2v) is 7.44. The van der Waals surface area contributed by atoms with E-state index in [9.17, 15) is 14.4 Å². The van der Waals surface area contributed by atoms with E-state index in [0.29, 0.717) is 19.4 Å². The normalized spacial score (nSPS) is 12.4. The monoisotopic (exact) mass is 417 g/mol. The van der Waals surface area contributed by atoms with E-state index in [2.05, 4.69) is 12.2 Å². The highest BCUT2D eigenvalue weighted by atomic mass is 16.4. The Bertz CT molecular complexity index is 433. The molecule has 0 unspecified atom stereocenters. The summed E-state index contributed by atoms with van der Waals surface area (Å²) < 4.78 is 0. The number of hydrogen-bond donors (Lipinski definition) is 5. The zero-order valence-corrected chi connectivity index (χ0v) is 18.3. The molecule has 0 aromatic heterocycles. The zero-order valence-electron chi connectivity index (χ0n) is 18.3. The lowest BCUT2D eigenvalue weighted by atomic mass is 10.1. The topological polar surface area (TPSA) is 156 Å². The van der Waals surface area contributed by atoms with Crippen molar-refractivity contribution in [3.63, 3.8) is 0 Å². The van der Waals surface area contributed by atoms with Crippen molar-refractivity contribution in [2.45, 2.75) is 109 Å². The molecule has 0 aliphatic heterocycles. The first-order chi connectivity index (χ1) is 13.8. The first-order valence-corrected chi connectivity index (χ1v) is 11.0. The number of unbranched alkanes of at least 4 members (excludes halogenated alkanes) is 9. The molecule has 8 nitrogen and oxygen atoms in total. The van der Waals surface area contributed by atoms with Crippen molar-refractivity contribution in [1.29, 1.82) is 0 Å². The Morgan fingerprint density at radius 3 is 1.79 bits per heavy atom. The van der Waals surface area contributed by atoms with Crippen LogP contribution in [0, 0.1) is 0 Å². The van der Waals surface area contributed by atoms with Crippen LogP contribution in [0.25, 0.3) is 0 Å². The second-order valence-electron chi connectivity index (χ2n) is 7.44. The minimum atomic E-state index is -0.986. The van der Waals surface area contributed by atoms with E-state index < -0.39 is 24.0 Å². The Labute approximate surface area is 175 Å². The first kappa shape index (κ1) is 29.5. The summed E-state index contributed by atoms with van der Waals surface area (Å²) in [6.45, 7) is 4.30. The molecule has 0 spiro atoms. The maximum atomic E-state index is 11.4. The molecule has 7 N–H and O–H groups in total. The summed E-state index contributed by atoms with van der Waals surface area (Å²) in [7, 11) is 0. The van der Waals surface area contributed by atoms with Crippen molar-refractivity contribution >= 4 is 17.8 Å². The largest absolute Gasteiger partial charge is 0.480 e. The molecule has 0 fully saturated rings. The fourth-order valence-corrected chi connectivity index (χ4v) is 2.60. The Balaban J connectivity index is 0. The summed E-state index contributed by atoms with van der Waals surface area (Å²) in [5.74, 6) is -2.07. The predicted molar refractivity (Wildman–Crippen MR) is 116 cm³/mol. The number of aliphatic carboxylic acids is 2. The van der Waals surface area contributed by atoms with Crippen LogP contribution in [0.2, 0.25) is 0 Å². The van der Waals surface area contributed by atoms with Gasteiger partial charge in [0, 0.05) is 6.42 Å². The predicted octanol–water partition coefficient (Wildman–Crippen LogP) is 3.02. The lowest BCUT2D eigenvalue weighted by Crippen LogP contribution is -2.38. The minimum absolute atomic E-state index is 0.155. The van der Waals surface area contributed by atoms with Gasteiger partial charge >= 0.3 is 11.9 Å². The van der Waals surface area contributed by atoms with Crippen molar-refractivity contribution in [2.75, 3.05) is 6.54 Å². The molecule has 0 saturated heterocycles. The van der Waals surface area contributed by atoms with E-state index in [0.717, 1.165) is 25.7 Å². The van der Waals surface area contributed by atoms with Crippen LogP contribution in [0.1, 0.15) is 97.3 Å². The lowest BCUT2D eigenvalue weighted by Gasteiger charge is -2.08. The summed E-state index contributed by atoms with van der Waals surface area (Å²) >= 11 is 0. The molecule has 0 bridgehead atoms. The van der Waals surface area contributed by atoms with E-state index in [1.807, 2.05) is 0 Å². The number of nitrogens with two attached hydrogens (primary N) is 2. The van der Waals surface area contributed by atoms with Crippen molar-refractivity contribution in [1.82, 2.24) is 5.32 Å². The number of carboxylic acids is 2. The Hall–Kier alpha value is -1.67. The van der Waals surface area contributed by atoms with Gasteiger partial charge in [0.1, 0.15) is 12.1 Å². The maximum absolute atomic E-state index is 11.4. The molecule has 172 valence electrons. The third-order valence-electron chi connectivity index (χ3n) is 4.54. The molecule has 0 rings (SSSR count). The number of hydrogen-bond acceptors (Lipinski definition) is 5. The molecule has 29 heavy (non-hydrogen) atoms. The Kier molecular flexibility index (Phi) is 21.4. The minimum Gasteiger partial charge on any atom is -0.480 e. The van der Waals surface area contributed by atoms with Gasteiger partial charge < -0.3 is 27.0 Å².